The molecule has 0 fully saturated rings. The van der Waals surface area contributed by atoms with Gasteiger partial charge in [-0.1, -0.05) is 13.0 Å². The van der Waals surface area contributed by atoms with Crippen molar-refractivity contribution in [2.75, 3.05) is 23.7 Å². The van der Waals surface area contributed by atoms with Gasteiger partial charge in [-0.05, 0) is 32.4 Å². The SMILES string of the molecule is CCCNc1cc(NCC)nc(-c2cccc(C)n2)n1. The normalized spacial score (nSPS) is 10.3. The molecule has 2 rings (SSSR count). The Morgan fingerprint density at radius 1 is 1.00 bits per heavy atom. The molecule has 0 atom stereocenters. The Morgan fingerprint density at radius 3 is 2.40 bits per heavy atom. The molecule has 20 heavy (non-hydrogen) atoms. The summed E-state index contributed by atoms with van der Waals surface area (Å²) in [5, 5.41) is 6.53. The van der Waals surface area contributed by atoms with Gasteiger partial charge in [0.2, 0.25) is 0 Å². The topological polar surface area (TPSA) is 62.7 Å². The number of aryl methyl sites for hydroxylation is 1. The Kier molecular flexibility index (Phi) is 4.87. The van der Waals surface area contributed by atoms with E-state index in [1.165, 1.54) is 0 Å². The number of nitrogens with one attached hydrogen (secondary N) is 2. The van der Waals surface area contributed by atoms with Crippen LogP contribution in [-0.2, 0) is 0 Å². The Labute approximate surface area is 119 Å². The molecule has 0 aliphatic heterocycles. The van der Waals surface area contributed by atoms with E-state index >= 15 is 0 Å². The van der Waals surface area contributed by atoms with Crippen LogP contribution in [0.15, 0.2) is 24.3 Å². The van der Waals surface area contributed by atoms with Crippen LogP contribution in [-0.4, -0.2) is 28.0 Å². The molecule has 0 unspecified atom stereocenters. The van der Waals surface area contributed by atoms with E-state index in [1.807, 2.05) is 38.1 Å². The summed E-state index contributed by atoms with van der Waals surface area (Å²) in [5.41, 5.74) is 1.76. The van der Waals surface area contributed by atoms with Crippen LogP contribution < -0.4 is 10.6 Å². The molecule has 0 spiro atoms. The molecule has 0 aromatic carbocycles. The summed E-state index contributed by atoms with van der Waals surface area (Å²) in [7, 11) is 0. The molecule has 0 aliphatic carbocycles. The van der Waals surface area contributed by atoms with Gasteiger partial charge in [0.25, 0.3) is 0 Å². The van der Waals surface area contributed by atoms with Gasteiger partial charge in [0.05, 0.1) is 0 Å². The monoisotopic (exact) mass is 271 g/mol. The summed E-state index contributed by atoms with van der Waals surface area (Å²) in [6, 6.07) is 7.80. The molecule has 0 saturated carbocycles. The summed E-state index contributed by atoms with van der Waals surface area (Å²) < 4.78 is 0. The van der Waals surface area contributed by atoms with Gasteiger partial charge in [-0.15, -0.1) is 0 Å². The van der Waals surface area contributed by atoms with Crippen molar-refractivity contribution in [1.82, 2.24) is 15.0 Å². The number of anilines is 2. The fourth-order valence-corrected chi connectivity index (χ4v) is 1.84. The van der Waals surface area contributed by atoms with Gasteiger partial charge in [0, 0.05) is 24.8 Å². The average Bonchev–Trinajstić information content (AvgIpc) is 2.45. The smallest absolute Gasteiger partial charge is 0.182 e. The highest BCUT2D eigenvalue weighted by Crippen LogP contribution is 2.19. The first kappa shape index (κ1) is 14.2. The highest BCUT2D eigenvalue weighted by molar-refractivity contribution is 5.58. The largest absolute Gasteiger partial charge is 0.370 e. The fraction of sp³-hybridized carbons (Fsp3) is 0.400. The summed E-state index contributed by atoms with van der Waals surface area (Å²) in [6.45, 7) is 7.86. The third-order valence-corrected chi connectivity index (χ3v) is 2.76. The lowest BCUT2D eigenvalue weighted by Crippen LogP contribution is -2.07. The average molecular weight is 271 g/mol. The molecule has 5 nitrogen and oxygen atoms in total. The standard InChI is InChI=1S/C15H21N5/c1-4-9-17-14-10-13(16-5-2)19-15(20-14)12-8-6-7-11(3)18-12/h6-8,10H,4-5,9H2,1-3H3,(H2,16,17,19,20). The molecule has 0 amide bonds. The van der Waals surface area contributed by atoms with Crippen LogP contribution in [0.1, 0.15) is 26.0 Å². The van der Waals surface area contributed by atoms with Crippen molar-refractivity contribution in [3.8, 4) is 11.5 Å². The molecular weight excluding hydrogens is 250 g/mol. The summed E-state index contributed by atoms with van der Waals surface area (Å²) >= 11 is 0. The minimum atomic E-state index is 0.644. The van der Waals surface area contributed by atoms with Gasteiger partial charge in [-0.25, -0.2) is 15.0 Å². The predicted molar refractivity (Wildman–Crippen MR) is 82.9 cm³/mol. The number of pyridine rings is 1. The first-order valence-corrected chi connectivity index (χ1v) is 7.03. The number of aromatic nitrogens is 3. The zero-order valence-electron chi connectivity index (χ0n) is 12.3. The van der Waals surface area contributed by atoms with Crippen LogP contribution >= 0.6 is 0 Å². The summed E-state index contributed by atoms with van der Waals surface area (Å²) in [4.78, 5) is 13.5. The Morgan fingerprint density at radius 2 is 1.75 bits per heavy atom. The van der Waals surface area contributed by atoms with E-state index in [-0.39, 0.29) is 0 Å². The third-order valence-electron chi connectivity index (χ3n) is 2.76. The van der Waals surface area contributed by atoms with E-state index in [9.17, 15) is 0 Å². The molecule has 2 aromatic heterocycles. The van der Waals surface area contributed by atoms with Crippen LogP contribution in [0.2, 0.25) is 0 Å². The lowest BCUT2D eigenvalue weighted by molar-refractivity contribution is 0.964. The van der Waals surface area contributed by atoms with Crippen LogP contribution in [0.5, 0.6) is 0 Å². The van der Waals surface area contributed by atoms with E-state index in [4.69, 9.17) is 0 Å². The first-order chi connectivity index (χ1) is 9.72. The first-order valence-electron chi connectivity index (χ1n) is 7.03. The maximum absolute atomic E-state index is 4.54. The molecular formula is C15H21N5. The third kappa shape index (κ3) is 3.66. The van der Waals surface area contributed by atoms with Crippen molar-refractivity contribution in [3.05, 3.63) is 30.0 Å². The van der Waals surface area contributed by atoms with Crippen molar-refractivity contribution in [1.29, 1.82) is 0 Å². The molecule has 2 N–H and O–H groups in total. The lowest BCUT2D eigenvalue weighted by atomic mass is 10.3. The van der Waals surface area contributed by atoms with E-state index in [0.29, 0.717) is 5.82 Å². The highest BCUT2D eigenvalue weighted by Gasteiger charge is 2.07. The van der Waals surface area contributed by atoms with Gasteiger partial charge in [-0.2, -0.15) is 0 Å². The van der Waals surface area contributed by atoms with Gasteiger partial charge < -0.3 is 10.6 Å². The number of nitrogens with zero attached hydrogens (tertiary/aromatic N) is 3. The van der Waals surface area contributed by atoms with E-state index in [2.05, 4.69) is 32.5 Å². The summed E-state index contributed by atoms with van der Waals surface area (Å²) in [5.74, 6) is 2.29. The molecule has 2 heterocycles. The second-order valence-electron chi connectivity index (χ2n) is 4.58. The molecule has 5 heteroatoms. The van der Waals surface area contributed by atoms with E-state index in [1.54, 1.807) is 0 Å². The van der Waals surface area contributed by atoms with Gasteiger partial charge in [0.15, 0.2) is 5.82 Å². The fourth-order valence-electron chi connectivity index (χ4n) is 1.84. The zero-order chi connectivity index (χ0) is 14.4. The van der Waals surface area contributed by atoms with Crippen molar-refractivity contribution < 1.29 is 0 Å². The Balaban J connectivity index is 2.37. The van der Waals surface area contributed by atoms with E-state index < -0.39 is 0 Å². The van der Waals surface area contributed by atoms with Crippen molar-refractivity contribution >= 4 is 11.6 Å². The maximum atomic E-state index is 4.54. The Hall–Kier alpha value is -2.17. The Bertz CT molecular complexity index is 568. The second kappa shape index (κ2) is 6.84. The number of rotatable bonds is 6. The minimum absolute atomic E-state index is 0.644. The lowest BCUT2D eigenvalue weighted by Gasteiger charge is -2.10. The van der Waals surface area contributed by atoms with Gasteiger partial charge in [-0.3, -0.25) is 0 Å². The quantitative estimate of drug-likeness (QED) is 0.845. The van der Waals surface area contributed by atoms with E-state index in [0.717, 1.165) is 42.5 Å². The van der Waals surface area contributed by atoms with Crippen LogP contribution in [0, 0.1) is 6.92 Å². The molecule has 0 bridgehead atoms. The van der Waals surface area contributed by atoms with Crippen molar-refractivity contribution in [2.24, 2.45) is 0 Å². The van der Waals surface area contributed by atoms with Gasteiger partial charge >= 0.3 is 0 Å². The second-order valence-corrected chi connectivity index (χ2v) is 4.58. The molecule has 2 aromatic rings. The zero-order valence-corrected chi connectivity index (χ0v) is 12.3. The number of hydrogen-bond donors (Lipinski definition) is 2. The van der Waals surface area contributed by atoms with Crippen LogP contribution in [0.25, 0.3) is 11.5 Å². The van der Waals surface area contributed by atoms with Crippen molar-refractivity contribution in [3.63, 3.8) is 0 Å². The van der Waals surface area contributed by atoms with Crippen LogP contribution in [0.3, 0.4) is 0 Å². The van der Waals surface area contributed by atoms with Gasteiger partial charge in [0.1, 0.15) is 17.3 Å². The predicted octanol–water partition coefficient (Wildman–Crippen LogP) is 3.10. The maximum Gasteiger partial charge on any atom is 0.182 e. The highest BCUT2D eigenvalue weighted by atomic mass is 15.1. The minimum Gasteiger partial charge on any atom is -0.370 e. The molecule has 0 radical (unpaired) electrons. The summed E-state index contributed by atoms with van der Waals surface area (Å²) in [6.07, 6.45) is 1.05. The molecule has 0 aliphatic rings. The number of hydrogen-bond acceptors (Lipinski definition) is 5. The molecule has 106 valence electrons. The van der Waals surface area contributed by atoms with Crippen molar-refractivity contribution in [2.45, 2.75) is 27.2 Å². The molecule has 0 saturated heterocycles. The van der Waals surface area contributed by atoms with Crippen LogP contribution in [0.4, 0.5) is 11.6 Å².